The Balaban J connectivity index is 1.55. The van der Waals surface area contributed by atoms with E-state index < -0.39 is 15.8 Å². The maximum Gasteiger partial charge on any atom is 0.115 e. The fourth-order valence-corrected chi connectivity index (χ4v) is 9.30. The Kier molecular flexibility index (Phi) is 7.00. The molecular formula is C28H28N2O2P2. The molecule has 0 atom stereocenters. The number of hydrogen-bond acceptors (Lipinski definition) is 4. The van der Waals surface area contributed by atoms with Crippen LogP contribution in [0.15, 0.2) is 109 Å². The minimum Gasteiger partial charge on any atom is -0.508 e. The molecule has 0 bridgehead atoms. The summed E-state index contributed by atoms with van der Waals surface area (Å²) in [4.78, 5) is 5.04. The van der Waals surface area contributed by atoms with E-state index in [1.54, 1.807) is 24.3 Å². The monoisotopic (exact) mass is 486 g/mol. The van der Waals surface area contributed by atoms with Gasteiger partial charge in [0, 0.05) is 36.5 Å². The first-order chi connectivity index (χ1) is 16.7. The third kappa shape index (κ3) is 5.36. The number of phenolic OH excluding ortho intramolecular Hbond substituents is 2. The Morgan fingerprint density at radius 1 is 0.441 bits per heavy atom. The van der Waals surface area contributed by atoms with Gasteiger partial charge >= 0.3 is 0 Å². The normalized spacial score (nSPS) is 18.8. The molecule has 1 aliphatic heterocycles. The zero-order chi connectivity index (χ0) is 23.3. The highest BCUT2D eigenvalue weighted by Gasteiger charge is 2.28. The van der Waals surface area contributed by atoms with Crippen LogP contribution in [0.1, 0.15) is 0 Å². The van der Waals surface area contributed by atoms with Crippen molar-refractivity contribution >= 4 is 37.8 Å². The van der Waals surface area contributed by atoms with Gasteiger partial charge in [0.2, 0.25) is 0 Å². The molecule has 2 N–H and O–H groups in total. The zero-order valence-corrected chi connectivity index (χ0v) is 20.7. The number of rotatable bonds is 4. The fraction of sp³-hybridized carbons (Fsp3) is 0.143. The number of benzene rings is 4. The first-order valence-corrected chi connectivity index (χ1v) is 14.8. The molecule has 1 aliphatic rings. The highest BCUT2D eigenvalue weighted by molar-refractivity contribution is 7.67. The van der Waals surface area contributed by atoms with Gasteiger partial charge in [0.1, 0.15) is 11.5 Å². The average Bonchev–Trinajstić information content (AvgIpc) is 2.87. The molecule has 0 aromatic heterocycles. The summed E-state index contributed by atoms with van der Waals surface area (Å²) in [5.41, 5.74) is 2.31. The van der Waals surface area contributed by atoms with Gasteiger partial charge < -0.3 is 20.0 Å². The van der Waals surface area contributed by atoms with Gasteiger partial charge in [-0.05, 0) is 75.0 Å². The van der Waals surface area contributed by atoms with Crippen LogP contribution in [-0.4, -0.2) is 35.4 Å². The van der Waals surface area contributed by atoms with Crippen molar-refractivity contribution in [1.29, 1.82) is 0 Å². The molecule has 34 heavy (non-hydrogen) atoms. The summed E-state index contributed by atoms with van der Waals surface area (Å²) in [6, 6.07) is 36.9. The number of hydrogen-bond donors (Lipinski definition) is 2. The number of nitrogens with zero attached hydrogens (tertiary/aromatic N) is 2. The van der Waals surface area contributed by atoms with Crippen LogP contribution in [0, 0.1) is 0 Å². The maximum atomic E-state index is 9.86. The molecule has 0 saturated carbocycles. The van der Waals surface area contributed by atoms with Crippen LogP contribution in [0.2, 0.25) is 0 Å². The second-order valence-electron chi connectivity index (χ2n) is 8.43. The van der Waals surface area contributed by atoms with Crippen molar-refractivity contribution in [3.8, 4) is 11.5 Å². The van der Waals surface area contributed by atoms with Crippen molar-refractivity contribution in [2.45, 2.75) is 0 Å². The van der Waals surface area contributed by atoms with Gasteiger partial charge in [-0.1, -0.05) is 60.7 Å². The summed E-state index contributed by atoms with van der Waals surface area (Å²) in [6.45, 7) is 0. The number of aromatic hydroxyl groups is 2. The lowest BCUT2D eigenvalue weighted by Crippen LogP contribution is -2.38. The molecule has 0 spiro atoms. The van der Waals surface area contributed by atoms with Gasteiger partial charge in [-0.15, -0.1) is 0 Å². The summed E-state index contributed by atoms with van der Waals surface area (Å²) >= 11 is 0. The molecule has 4 aromatic carbocycles. The molecule has 4 aromatic rings. The van der Waals surface area contributed by atoms with E-state index in [-0.39, 0.29) is 0 Å². The Morgan fingerprint density at radius 3 is 1.09 bits per heavy atom. The van der Waals surface area contributed by atoms with Crippen LogP contribution in [0.25, 0.3) is 0 Å². The Labute approximate surface area is 203 Å². The highest BCUT2D eigenvalue weighted by Crippen LogP contribution is 2.48. The highest BCUT2D eigenvalue weighted by atomic mass is 31.1. The Morgan fingerprint density at radius 2 is 0.765 bits per heavy atom. The Bertz CT molecular complexity index is 1080. The van der Waals surface area contributed by atoms with E-state index >= 15 is 0 Å². The first-order valence-electron chi connectivity index (χ1n) is 11.3. The molecule has 1 fully saturated rings. The number of phenols is 2. The quantitative estimate of drug-likeness (QED) is 0.354. The molecule has 5 rings (SSSR count). The van der Waals surface area contributed by atoms with E-state index in [0.717, 1.165) is 36.5 Å². The standard InChI is InChI=1S/C28H28N2O2P2/c31-25-15-11-23(12-16-25)29-19-33(27-7-3-1-4-8-27)20-30(24-13-17-26(32)18-14-24)22-34(21-29)28-9-5-2-6-10-28/h1-18,31-32H,19-22H2. The molecule has 4 nitrogen and oxygen atoms in total. The van der Waals surface area contributed by atoms with E-state index in [0.29, 0.717) is 11.5 Å². The zero-order valence-electron chi connectivity index (χ0n) is 18.9. The third-order valence-electron chi connectivity index (χ3n) is 6.04. The van der Waals surface area contributed by atoms with E-state index in [9.17, 15) is 10.2 Å². The van der Waals surface area contributed by atoms with Crippen LogP contribution < -0.4 is 20.4 Å². The minimum absolute atomic E-state index is 0.296. The van der Waals surface area contributed by atoms with Gasteiger partial charge in [-0.3, -0.25) is 0 Å². The lowest BCUT2D eigenvalue weighted by molar-refractivity contribution is 0.475. The van der Waals surface area contributed by atoms with Gasteiger partial charge in [-0.2, -0.15) is 0 Å². The van der Waals surface area contributed by atoms with Gasteiger partial charge in [-0.25, -0.2) is 0 Å². The number of anilines is 2. The van der Waals surface area contributed by atoms with E-state index in [1.807, 2.05) is 24.3 Å². The lowest BCUT2D eigenvalue weighted by atomic mass is 10.3. The predicted octanol–water partition coefficient (Wildman–Crippen LogP) is 5.87. The molecule has 0 amide bonds. The molecule has 1 saturated heterocycles. The van der Waals surface area contributed by atoms with Crippen LogP contribution >= 0.6 is 15.8 Å². The van der Waals surface area contributed by atoms with Crippen molar-refractivity contribution in [2.24, 2.45) is 0 Å². The van der Waals surface area contributed by atoms with Gasteiger partial charge in [0.05, 0.1) is 0 Å². The molecule has 0 radical (unpaired) electrons. The van der Waals surface area contributed by atoms with Crippen molar-refractivity contribution in [3.63, 3.8) is 0 Å². The van der Waals surface area contributed by atoms with Crippen molar-refractivity contribution in [1.82, 2.24) is 0 Å². The van der Waals surface area contributed by atoms with Crippen molar-refractivity contribution < 1.29 is 10.2 Å². The summed E-state index contributed by atoms with van der Waals surface area (Å²) in [5.74, 6) is 0.592. The van der Waals surface area contributed by atoms with Crippen molar-refractivity contribution in [2.75, 3.05) is 34.9 Å². The first kappa shape index (κ1) is 22.7. The maximum absolute atomic E-state index is 9.86. The largest absolute Gasteiger partial charge is 0.508 e. The van der Waals surface area contributed by atoms with E-state index in [1.165, 1.54) is 10.6 Å². The molecule has 6 heteroatoms. The smallest absolute Gasteiger partial charge is 0.115 e. The minimum atomic E-state index is -0.502. The van der Waals surface area contributed by atoms with Crippen LogP contribution in [-0.2, 0) is 0 Å². The molecule has 0 unspecified atom stereocenters. The molecule has 0 aliphatic carbocycles. The summed E-state index contributed by atoms with van der Waals surface area (Å²) < 4.78 is 0. The third-order valence-corrected chi connectivity index (χ3v) is 10.8. The average molecular weight is 486 g/mol. The molecular weight excluding hydrogens is 458 g/mol. The van der Waals surface area contributed by atoms with Gasteiger partial charge in [0.25, 0.3) is 0 Å². The summed E-state index contributed by atoms with van der Waals surface area (Å²) in [7, 11) is -1.00. The van der Waals surface area contributed by atoms with Crippen LogP contribution in [0.3, 0.4) is 0 Å². The molecule has 172 valence electrons. The fourth-order valence-electron chi connectivity index (χ4n) is 4.26. The van der Waals surface area contributed by atoms with Crippen molar-refractivity contribution in [3.05, 3.63) is 109 Å². The van der Waals surface area contributed by atoms with Crippen LogP contribution in [0.5, 0.6) is 11.5 Å². The SMILES string of the molecule is Oc1ccc(N2CP(c3ccccc3)CN(c3ccc(O)cc3)CP(c3ccccc3)C2)cc1. The van der Waals surface area contributed by atoms with E-state index in [2.05, 4.69) is 70.5 Å². The summed E-state index contributed by atoms with van der Waals surface area (Å²) in [5, 5.41) is 22.5. The second-order valence-corrected chi connectivity index (χ2v) is 12.8. The molecule has 1 heterocycles. The predicted molar refractivity (Wildman–Crippen MR) is 147 cm³/mol. The van der Waals surface area contributed by atoms with E-state index in [4.69, 9.17) is 0 Å². The Hall–Kier alpha value is -3.06. The topological polar surface area (TPSA) is 46.9 Å². The van der Waals surface area contributed by atoms with Crippen LogP contribution in [0.4, 0.5) is 11.4 Å². The summed E-state index contributed by atoms with van der Waals surface area (Å²) in [6.07, 6.45) is 3.80. The second kappa shape index (κ2) is 10.5. The van der Waals surface area contributed by atoms with Gasteiger partial charge in [0.15, 0.2) is 0 Å². The lowest BCUT2D eigenvalue weighted by Gasteiger charge is -2.41.